The Bertz CT molecular complexity index is 692. The first kappa shape index (κ1) is 25.1. The highest BCUT2D eigenvalue weighted by Crippen LogP contribution is 2.36. The van der Waals surface area contributed by atoms with Gasteiger partial charge in [-0.3, -0.25) is 9.59 Å². The van der Waals surface area contributed by atoms with Crippen LogP contribution < -0.4 is 0 Å². The van der Waals surface area contributed by atoms with E-state index in [1.807, 2.05) is 6.92 Å². The summed E-state index contributed by atoms with van der Waals surface area (Å²) in [5.74, 6) is 2.50. The molecule has 0 radical (unpaired) electrons. The summed E-state index contributed by atoms with van der Waals surface area (Å²) in [6.45, 7) is 5.06. The second kappa shape index (κ2) is 13.3. The number of unbranched alkanes of at least 4 members (excludes halogenated alkanes) is 1. The maximum absolute atomic E-state index is 12.8. The maximum Gasteiger partial charge on any atom is 0.163 e. The highest BCUT2D eigenvalue weighted by Gasteiger charge is 2.25. The fourth-order valence-corrected chi connectivity index (χ4v) is 5.54. The van der Waals surface area contributed by atoms with E-state index in [1.165, 1.54) is 37.7 Å². The summed E-state index contributed by atoms with van der Waals surface area (Å²) in [4.78, 5) is 24.4. The minimum Gasteiger partial charge on any atom is -0.378 e. The predicted octanol–water partition coefficient (Wildman–Crippen LogP) is 7.67. The number of hydrogen-bond donors (Lipinski definition) is 0. The van der Waals surface area contributed by atoms with Crippen LogP contribution in [0.3, 0.4) is 0 Å². The molecular formula is C29H44O3. The molecule has 2 aliphatic carbocycles. The van der Waals surface area contributed by atoms with Crippen molar-refractivity contribution in [3.8, 4) is 0 Å². The molecule has 0 aromatic heterocycles. The standard InChI is InChI=1S/C29H44O3/c1-3-5-20-32-28-18-15-25(16-19-28)24-11-13-26(14-12-24)29(31)21-23-8-6-22(7-9-23)10-17-27(30)4-2/h11-14,22-23,25,28H,3-10,15-21H2,1-2H3. The SMILES string of the molecule is CCCCOC1CCC(c2ccc(C(=O)CC3CCC(CCC(=O)CC)CC3)cc2)CC1. The van der Waals surface area contributed by atoms with Gasteiger partial charge in [-0.2, -0.15) is 0 Å². The Morgan fingerprint density at radius 1 is 0.875 bits per heavy atom. The number of hydrogen-bond acceptors (Lipinski definition) is 3. The number of ether oxygens (including phenoxy) is 1. The maximum atomic E-state index is 12.8. The summed E-state index contributed by atoms with van der Waals surface area (Å²) in [7, 11) is 0. The van der Waals surface area contributed by atoms with Gasteiger partial charge in [0.05, 0.1) is 6.10 Å². The van der Waals surface area contributed by atoms with E-state index in [1.54, 1.807) is 0 Å². The number of carbonyl (C=O) groups is 2. The topological polar surface area (TPSA) is 43.4 Å². The number of ketones is 2. The van der Waals surface area contributed by atoms with Crippen molar-refractivity contribution in [1.82, 2.24) is 0 Å². The fraction of sp³-hybridized carbons (Fsp3) is 0.724. The third-order valence-electron chi connectivity index (χ3n) is 7.90. The molecule has 3 rings (SSSR count). The van der Waals surface area contributed by atoms with Crippen molar-refractivity contribution in [1.29, 1.82) is 0 Å². The molecule has 0 heterocycles. The zero-order valence-corrected chi connectivity index (χ0v) is 20.5. The Morgan fingerprint density at radius 3 is 2.16 bits per heavy atom. The molecule has 178 valence electrons. The first-order valence-electron chi connectivity index (χ1n) is 13.4. The van der Waals surface area contributed by atoms with Crippen LogP contribution in [0, 0.1) is 11.8 Å². The lowest BCUT2D eigenvalue weighted by molar-refractivity contribution is -0.119. The average Bonchev–Trinajstić information content (AvgIpc) is 2.84. The summed E-state index contributed by atoms with van der Waals surface area (Å²) in [6.07, 6.45) is 15.3. The number of rotatable bonds is 12. The van der Waals surface area contributed by atoms with Gasteiger partial charge in [0.1, 0.15) is 5.78 Å². The average molecular weight is 441 g/mol. The van der Waals surface area contributed by atoms with E-state index in [0.717, 1.165) is 57.1 Å². The molecule has 3 heteroatoms. The van der Waals surface area contributed by atoms with Crippen molar-refractivity contribution >= 4 is 11.6 Å². The van der Waals surface area contributed by atoms with Crippen molar-refractivity contribution in [2.24, 2.45) is 11.8 Å². The molecule has 0 saturated heterocycles. The largest absolute Gasteiger partial charge is 0.378 e. The van der Waals surface area contributed by atoms with Gasteiger partial charge in [0.15, 0.2) is 5.78 Å². The lowest BCUT2D eigenvalue weighted by atomic mass is 9.77. The van der Waals surface area contributed by atoms with Crippen LogP contribution in [0.25, 0.3) is 0 Å². The third kappa shape index (κ3) is 7.83. The summed E-state index contributed by atoms with van der Waals surface area (Å²) in [6, 6.07) is 8.50. The van der Waals surface area contributed by atoms with Gasteiger partial charge >= 0.3 is 0 Å². The van der Waals surface area contributed by atoms with Gasteiger partial charge in [0.2, 0.25) is 0 Å². The van der Waals surface area contributed by atoms with Crippen molar-refractivity contribution in [3.63, 3.8) is 0 Å². The Labute approximate surface area is 195 Å². The van der Waals surface area contributed by atoms with Gasteiger partial charge in [-0.15, -0.1) is 0 Å². The van der Waals surface area contributed by atoms with E-state index < -0.39 is 0 Å². The van der Waals surface area contributed by atoms with Crippen LogP contribution in [0.4, 0.5) is 0 Å². The van der Waals surface area contributed by atoms with Crippen LogP contribution in [-0.4, -0.2) is 24.3 Å². The molecular weight excluding hydrogens is 396 g/mol. The second-order valence-electron chi connectivity index (χ2n) is 10.3. The van der Waals surface area contributed by atoms with Gasteiger partial charge < -0.3 is 4.74 Å². The molecule has 2 saturated carbocycles. The quantitative estimate of drug-likeness (QED) is 0.247. The minimum absolute atomic E-state index is 0.300. The Balaban J connectivity index is 1.39. The second-order valence-corrected chi connectivity index (χ2v) is 10.3. The van der Waals surface area contributed by atoms with Gasteiger partial charge in [0, 0.05) is 31.4 Å². The van der Waals surface area contributed by atoms with Crippen molar-refractivity contribution < 1.29 is 14.3 Å². The molecule has 0 aliphatic heterocycles. The monoisotopic (exact) mass is 440 g/mol. The third-order valence-corrected chi connectivity index (χ3v) is 7.90. The number of benzene rings is 1. The van der Waals surface area contributed by atoms with Crippen LogP contribution in [0.1, 0.15) is 126 Å². The highest BCUT2D eigenvalue weighted by atomic mass is 16.5. The molecule has 32 heavy (non-hydrogen) atoms. The zero-order valence-electron chi connectivity index (χ0n) is 20.5. The van der Waals surface area contributed by atoms with Crippen LogP contribution in [0.5, 0.6) is 0 Å². The van der Waals surface area contributed by atoms with Crippen LogP contribution >= 0.6 is 0 Å². The molecule has 2 fully saturated rings. The minimum atomic E-state index is 0.300. The Hall–Kier alpha value is -1.48. The van der Waals surface area contributed by atoms with E-state index in [4.69, 9.17) is 4.74 Å². The molecule has 2 aliphatic rings. The predicted molar refractivity (Wildman–Crippen MR) is 131 cm³/mol. The first-order chi connectivity index (χ1) is 15.6. The molecule has 1 aromatic carbocycles. The van der Waals surface area contributed by atoms with E-state index in [2.05, 4.69) is 31.2 Å². The van der Waals surface area contributed by atoms with Crippen LogP contribution in [0.15, 0.2) is 24.3 Å². The summed E-state index contributed by atoms with van der Waals surface area (Å²) in [5.41, 5.74) is 2.26. The normalized spacial score (nSPS) is 26.1. The van der Waals surface area contributed by atoms with E-state index >= 15 is 0 Å². The van der Waals surface area contributed by atoms with Crippen LogP contribution in [-0.2, 0) is 9.53 Å². The Kier molecular flexibility index (Phi) is 10.4. The molecule has 0 amide bonds. The van der Waals surface area contributed by atoms with Gasteiger partial charge in [0.25, 0.3) is 0 Å². The van der Waals surface area contributed by atoms with E-state index in [0.29, 0.717) is 48.3 Å². The van der Waals surface area contributed by atoms with Gasteiger partial charge in [-0.1, -0.05) is 57.4 Å². The first-order valence-corrected chi connectivity index (χ1v) is 13.4. The molecule has 3 nitrogen and oxygen atoms in total. The molecule has 1 aromatic rings. The van der Waals surface area contributed by atoms with E-state index in [9.17, 15) is 9.59 Å². The summed E-state index contributed by atoms with van der Waals surface area (Å²) in [5, 5.41) is 0. The van der Waals surface area contributed by atoms with Crippen molar-refractivity contribution in [3.05, 3.63) is 35.4 Å². The van der Waals surface area contributed by atoms with E-state index in [-0.39, 0.29) is 0 Å². The highest BCUT2D eigenvalue weighted by molar-refractivity contribution is 5.96. The van der Waals surface area contributed by atoms with Crippen molar-refractivity contribution in [2.75, 3.05) is 6.61 Å². The smallest absolute Gasteiger partial charge is 0.163 e. The summed E-state index contributed by atoms with van der Waals surface area (Å²) < 4.78 is 6.01. The lowest BCUT2D eigenvalue weighted by Crippen LogP contribution is -2.21. The fourth-order valence-electron chi connectivity index (χ4n) is 5.54. The molecule has 0 unspecified atom stereocenters. The number of Topliss-reactive ketones (excluding diaryl/α,β-unsaturated/α-hetero) is 2. The molecule has 0 bridgehead atoms. The number of carbonyl (C=O) groups excluding carboxylic acids is 2. The van der Waals surface area contributed by atoms with Gasteiger partial charge in [-0.25, -0.2) is 0 Å². The lowest BCUT2D eigenvalue weighted by Gasteiger charge is -2.29. The molecule has 0 atom stereocenters. The Morgan fingerprint density at radius 2 is 1.53 bits per heavy atom. The molecule has 0 N–H and O–H groups in total. The molecule has 0 spiro atoms. The van der Waals surface area contributed by atoms with Crippen LogP contribution in [0.2, 0.25) is 0 Å². The van der Waals surface area contributed by atoms with Crippen molar-refractivity contribution in [2.45, 2.75) is 116 Å². The van der Waals surface area contributed by atoms with Gasteiger partial charge in [-0.05, 0) is 74.7 Å². The summed E-state index contributed by atoms with van der Waals surface area (Å²) >= 11 is 0. The zero-order chi connectivity index (χ0) is 22.8.